The van der Waals surface area contributed by atoms with Crippen LogP contribution in [0.25, 0.3) is 0 Å². The highest BCUT2D eigenvalue weighted by molar-refractivity contribution is 7.12. The van der Waals surface area contributed by atoms with E-state index in [0.717, 1.165) is 6.42 Å². The molecule has 0 saturated heterocycles. The van der Waals surface area contributed by atoms with Crippen LogP contribution in [0.5, 0.6) is 0 Å². The van der Waals surface area contributed by atoms with Crippen LogP contribution >= 0.6 is 11.3 Å². The van der Waals surface area contributed by atoms with Crippen molar-refractivity contribution in [2.75, 3.05) is 13.7 Å². The standard InChI is InChI=1S/C13H17NO2S/c1-4-10(2)14(3)13(16)12-11(6-5-8-15)7-9-17-12/h7,9-10,15H,4,8H2,1-3H3. The number of carbonyl (C=O) groups is 1. The molecular formula is C13H17NO2S. The zero-order valence-electron chi connectivity index (χ0n) is 10.4. The monoisotopic (exact) mass is 251 g/mol. The van der Waals surface area contributed by atoms with Crippen molar-refractivity contribution in [2.24, 2.45) is 0 Å². The lowest BCUT2D eigenvalue weighted by Gasteiger charge is -2.23. The Labute approximate surface area is 106 Å². The van der Waals surface area contributed by atoms with Gasteiger partial charge in [-0.1, -0.05) is 18.8 Å². The lowest BCUT2D eigenvalue weighted by atomic mass is 10.2. The van der Waals surface area contributed by atoms with Gasteiger partial charge in [-0.2, -0.15) is 0 Å². The van der Waals surface area contributed by atoms with Crippen molar-refractivity contribution >= 4 is 17.2 Å². The summed E-state index contributed by atoms with van der Waals surface area (Å²) in [5, 5.41) is 10.5. The van der Waals surface area contributed by atoms with Crippen LogP contribution in [0.4, 0.5) is 0 Å². The van der Waals surface area contributed by atoms with Gasteiger partial charge in [-0.25, -0.2) is 0 Å². The van der Waals surface area contributed by atoms with Gasteiger partial charge in [-0.05, 0) is 24.8 Å². The topological polar surface area (TPSA) is 40.5 Å². The van der Waals surface area contributed by atoms with Gasteiger partial charge in [-0.3, -0.25) is 4.79 Å². The summed E-state index contributed by atoms with van der Waals surface area (Å²) in [5.74, 6) is 5.36. The Balaban J connectivity index is 2.93. The molecule has 4 heteroatoms. The quantitative estimate of drug-likeness (QED) is 0.834. The van der Waals surface area contributed by atoms with Crippen molar-refractivity contribution in [1.29, 1.82) is 0 Å². The second kappa shape index (κ2) is 6.43. The molecule has 1 rings (SSSR count). The summed E-state index contributed by atoms with van der Waals surface area (Å²) < 4.78 is 0. The smallest absolute Gasteiger partial charge is 0.265 e. The highest BCUT2D eigenvalue weighted by Gasteiger charge is 2.19. The highest BCUT2D eigenvalue weighted by atomic mass is 32.1. The summed E-state index contributed by atoms with van der Waals surface area (Å²) in [5.41, 5.74) is 0.698. The zero-order valence-corrected chi connectivity index (χ0v) is 11.2. The number of hydrogen-bond donors (Lipinski definition) is 1. The average molecular weight is 251 g/mol. The molecule has 92 valence electrons. The van der Waals surface area contributed by atoms with Crippen LogP contribution in [0.1, 0.15) is 35.5 Å². The van der Waals surface area contributed by atoms with Crippen LogP contribution in [0.15, 0.2) is 11.4 Å². The van der Waals surface area contributed by atoms with Crippen molar-refractivity contribution in [3.8, 4) is 11.8 Å². The highest BCUT2D eigenvalue weighted by Crippen LogP contribution is 2.19. The number of thiophene rings is 1. The summed E-state index contributed by atoms with van der Waals surface area (Å²) in [6.07, 6.45) is 0.922. The van der Waals surface area contributed by atoms with Crippen LogP contribution < -0.4 is 0 Å². The third-order valence-electron chi connectivity index (χ3n) is 2.73. The Morgan fingerprint density at radius 2 is 2.35 bits per heavy atom. The van der Waals surface area contributed by atoms with Crippen LogP contribution in [-0.2, 0) is 0 Å². The maximum Gasteiger partial charge on any atom is 0.265 e. The van der Waals surface area contributed by atoms with Crippen molar-refractivity contribution in [3.63, 3.8) is 0 Å². The second-order valence-corrected chi connectivity index (χ2v) is 4.71. The van der Waals surface area contributed by atoms with Crippen LogP contribution in [-0.4, -0.2) is 35.6 Å². The first-order chi connectivity index (χ1) is 8.11. The minimum atomic E-state index is -0.190. The first-order valence-electron chi connectivity index (χ1n) is 5.56. The molecule has 1 aromatic heterocycles. The average Bonchev–Trinajstić information content (AvgIpc) is 2.81. The summed E-state index contributed by atoms with van der Waals surface area (Å²) in [4.78, 5) is 14.6. The largest absolute Gasteiger partial charge is 0.384 e. The molecule has 1 atom stereocenters. The van der Waals surface area contributed by atoms with Crippen LogP contribution in [0.3, 0.4) is 0 Å². The van der Waals surface area contributed by atoms with E-state index >= 15 is 0 Å². The number of nitrogens with zero attached hydrogens (tertiary/aromatic N) is 1. The maximum absolute atomic E-state index is 12.2. The van der Waals surface area contributed by atoms with E-state index in [1.165, 1.54) is 11.3 Å². The molecule has 0 bridgehead atoms. The van der Waals surface area contributed by atoms with Gasteiger partial charge < -0.3 is 10.0 Å². The Kier molecular flexibility index (Phi) is 5.20. The van der Waals surface area contributed by atoms with E-state index in [2.05, 4.69) is 18.8 Å². The number of aliphatic hydroxyl groups excluding tert-OH is 1. The minimum absolute atomic E-state index is 0.00316. The molecule has 0 fully saturated rings. The Bertz CT molecular complexity index is 442. The van der Waals surface area contributed by atoms with Crippen molar-refractivity contribution in [2.45, 2.75) is 26.3 Å². The van der Waals surface area contributed by atoms with E-state index in [1.807, 2.05) is 18.4 Å². The maximum atomic E-state index is 12.2. The zero-order chi connectivity index (χ0) is 12.8. The molecule has 0 aliphatic carbocycles. The van der Waals surface area contributed by atoms with Gasteiger partial charge in [0.25, 0.3) is 5.91 Å². The number of rotatable bonds is 3. The lowest BCUT2D eigenvalue weighted by molar-refractivity contribution is 0.0745. The molecule has 1 N–H and O–H groups in total. The normalized spacial score (nSPS) is 11.5. The van der Waals surface area contributed by atoms with Gasteiger partial charge in [0.05, 0.1) is 0 Å². The lowest BCUT2D eigenvalue weighted by Crippen LogP contribution is -2.34. The summed E-state index contributed by atoms with van der Waals surface area (Å²) >= 11 is 1.39. The van der Waals surface area contributed by atoms with Gasteiger partial charge in [0.1, 0.15) is 11.5 Å². The van der Waals surface area contributed by atoms with Gasteiger partial charge in [0, 0.05) is 18.7 Å². The third-order valence-corrected chi connectivity index (χ3v) is 3.64. The van der Waals surface area contributed by atoms with Crippen molar-refractivity contribution in [3.05, 3.63) is 21.9 Å². The number of carbonyl (C=O) groups excluding carboxylic acids is 1. The first kappa shape index (κ1) is 13.8. The molecule has 0 aliphatic rings. The fourth-order valence-electron chi connectivity index (χ4n) is 1.34. The van der Waals surface area contributed by atoms with Gasteiger partial charge in [-0.15, -0.1) is 11.3 Å². The molecule has 1 amide bonds. The number of amides is 1. The van der Waals surface area contributed by atoms with E-state index < -0.39 is 0 Å². The molecule has 3 nitrogen and oxygen atoms in total. The van der Waals surface area contributed by atoms with E-state index in [4.69, 9.17) is 5.11 Å². The fraction of sp³-hybridized carbons (Fsp3) is 0.462. The molecule has 1 heterocycles. The van der Waals surface area contributed by atoms with E-state index in [1.54, 1.807) is 11.9 Å². The number of aliphatic hydroxyl groups is 1. The van der Waals surface area contributed by atoms with E-state index in [9.17, 15) is 4.79 Å². The molecule has 17 heavy (non-hydrogen) atoms. The molecule has 0 radical (unpaired) electrons. The Morgan fingerprint density at radius 3 is 2.94 bits per heavy atom. The van der Waals surface area contributed by atoms with Crippen LogP contribution in [0, 0.1) is 11.8 Å². The predicted molar refractivity (Wildman–Crippen MR) is 70.1 cm³/mol. The molecular weight excluding hydrogens is 234 g/mol. The van der Waals surface area contributed by atoms with Gasteiger partial charge >= 0.3 is 0 Å². The molecule has 0 spiro atoms. The molecule has 1 aromatic rings. The molecule has 1 unspecified atom stereocenters. The Morgan fingerprint density at radius 1 is 1.65 bits per heavy atom. The van der Waals surface area contributed by atoms with Gasteiger partial charge in [0.2, 0.25) is 0 Å². The Hall–Kier alpha value is -1.31. The fourth-order valence-corrected chi connectivity index (χ4v) is 2.17. The third kappa shape index (κ3) is 3.32. The van der Waals surface area contributed by atoms with Crippen molar-refractivity contribution < 1.29 is 9.90 Å². The minimum Gasteiger partial charge on any atom is -0.384 e. The van der Waals surface area contributed by atoms with Crippen molar-refractivity contribution in [1.82, 2.24) is 4.90 Å². The molecule has 0 saturated carbocycles. The van der Waals surface area contributed by atoms with Crippen LogP contribution in [0.2, 0.25) is 0 Å². The van der Waals surface area contributed by atoms with Gasteiger partial charge in [0.15, 0.2) is 0 Å². The summed E-state index contributed by atoms with van der Waals surface area (Å²) in [6.45, 7) is 3.88. The summed E-state index contributed by atoms with van der Waals surface area (Å²) in [7, 11) is 1.81. The molecule has 0 aromatic carbocycles. The van der Waals surface area contributed by atoms with E-state index in [0.29, 0.717) is 10.4 Å². The van der Waals surface area contributed by atoms with E-state index in [-0.39, 0.29) is 18.6 Å². The SMILES string of the molecule is CCC(C)N(C)C(=O)c1sccc1C#CCO. The second-order valence-electron chi connectivity index (χ2n) is 3.80. The molecule has 0 aliphatic heterocycles. The predicted octanol–water partition coefficient (Wildman–Crippen LogP) is 1.96. The summed E-state index contributed by atoms with van der Waals surface area (Å²) in [6, 6.07) is 2.02. The number of hydrogen-bond acceptors (Lipinski definition) is 3. The first-order valence-corrected chi connectivity index (χ1v) is 6.44.